The van der Waals surface area contributed by atoms with Gasteiger partial charge in [0, 0.05) is 18.2 Å². The normalized spacial score (nSPS) is 12.2. The van der Waals surface area contributed by atoms with Crippen molar-refractivity contribution in [2.24, 2.45) is 0 Å². The van der Waals surface area contributed by atoms with Crippen molar-refractivity contribution in [3.05, 3.63) is 47.0 Å². The second-order valence-corrected chi connectivity index (χ2v) is 7.27. The fraction of sp³-hybridized carbons (Fsp3) is 0.364. The van der Waals surface area contributed by atoms with Crippen LogP contribution in [0.5, 0.6) is 17.2 Å². The Morgan fingerprint density at radius 3 is 2.38 bits per heavy atom. The summed E-state index contributed by atoms with van der Waals surface area (Å²) in [4.78, 5) is 26.2. The van der Waals surface area contributed by atoms with E-state index in [1.54, 1.807) is 12.1 Å². The summed E-state index contributed by atoms with van der Waals surface area (Å²) in [5.41, 5.74) is 3.12. The summed E-state index contributed by atoms with van der Waals surface area (Å²) in [6.45, 7) is 6.83. The number of hydrogen-bond donors (Lipinski definition) is 1. The van der Waals surface area contributed by atoms with Gasteiger partial charge in [0.05, 0.1) is 12.2 Å². The number of aryl methyl sites for hydroxylation is 2. The summed E-state index contributed by atoms with van der Waals surface area (Å²) in [7, 11) is 1.84. The molecule has 1 N–H and O–H groups in total. The van der Waals surface area contributed by atoms with E-state index in [9.17, 15) is 9.59 Å². The van der Waals surface area contributed by atoms with Gasteiger partial charge in [-0.1, -0.05) is 6.07 Å². The minimum absolute atomic E-state index is 0.104. The van der Waals surface area contributed by atoms with Crippen molar-refractivity contribution in [3.8, 4) is 17.2 Å². The molecule has 154 valence electrons. The molecular weight excluding hydrogens is 372 g/mol. The Morgan fingerprint density at radius 2 is 1.72 bits per heavy atom. The highest BCUT2D eigenvalue weighted by Gasteiger charge is 2.20. The Morgan fingerprint density at radius 1 is 1.07 bits per heavy atom. The van der Waals surface area contributed by atoms with Gasteiger partial charge in [-0.05, 0) is 57.1 Å². The first-order valence-electron chi connectivity index (χ1n) is 9.46. The second kappa shape index (κ2) is 8.96. The van der Waals surface area contributed by atoms with Crippen molar-refractivity contribution in [3.63, 3.8) is 0 Å². The number of ketones is 1. The molecule has 1 amide bonds. The number of nitrogens with zero attached hydrogens (tertiary/aromatic N) is 1. The lowest BCUT2D eigenvalue weighted by Crippen LogP contribution is -2.33. The predicted octanol–water partition coefficient (Wildman–Crippen LogP) is 3.18. The molecule has 2 aromatic rings. The quantitative estimate of drug-likeness (QED) is 0.688. The van der Waals surface area contributed by atoms with E-state index in [0.717, 1.165) is 16.9 Å². The van der Waals surface area contributed by atoms with Crippen LogP contribution in [0.1, 0.15) is 28.4 Å². The number of fused-ring (bicyclic) bond motifs is 1. The van der Waals surface area contributed by atoms with Crippen LogP contribution >= 0.6 is 0 Å². The van der Waals surface area contributed by atoms with Gasteiger partial charge in [-0.3, -0.25) is 14.5 Å². The van der Waals surface area contributed by atoms with Gasteiger partial charge in [-0.2, -0.15) is 0 Å². The van der Waals surface area contributed by atoms with Crippen LogP contribution in [0, 0.1) is 13.8 Å². The summed E-state index contributed by atoms with van der Waals surface area (Å²) in [5.74, 6) is 1.47. The molecule has 3 rings (SSSR count). The first-order chi connectivity index (χ1) is 13.8. The van der Waals surface area contributed by atoms with Gasteiger partial charge in [0.15, 0.2) is 17.3 Å². The fourth-order valence-electron chi connectivity index (χ4n) is 3.19. The monoisotopic (exact) mass is 398 g/mol. The third-order valence-corrected chi connectivity index (χ3v) is 4.52. The Bertz CT molecular complexity index is 905. The smallest absolute Gasteiger partial charge is 0.238 e. The third kappa shape index (κ3) is 5.48. The van der Waals surface area contributed by atoms with Crippen molar-refractivity contribution in [1.82, 2.24) is 4.90 Å². The molecule has 1 heterocycles. The first kappa shape index (κ1) is 20.7. The molecule has 29 heavy (non-hydrogen) atoms. The lowest BCUT2D eigenvalue weighted by Gasteiger charge is -2.18. The van der Waals surface area contributed by atoms with E-state index in [1.165, 1.54) is 6.92 Å². The van der Waals surface area contributed by atoms with E-state index in [2.05, 4.69) is 11.4 Å². The first-order valence-corrected chi connectivity index (χ1v) is 9.46. The number of likely N-dealkylation sites (N-methyl/N-ethyl adjacent to an activating group) is 1. The topological polar surface area (TPSA) is 77.1 Å². The van der Waals surface area contributed by atoms with Crippen molar-refractivity contribution in [2.75, 3.05) is 38.9 Å². The molecule has 0 bridgehead atoms. The minimum atomic E-state index is -0.222. The van der Waals surface area contributed by atoms with Crippen LogP contribution in [-0.4, -0.2) is 50.1 Å². The van der Waals surface area contributed by atoms with Crippen LogP contribution in [0.25, 0.3) is 0 Å². The number of hydrogen-bond acceptors (Lipinski definition) is 6. The molecule has 0 aromatic heterocycles. The molecule has 1 aliphatic rings. The summed E-state index contributed by atoms with van der Waals surface area (Å²) in [5, 5.41) is 2.80. The molecule has 0 radical (unpaired) electrons. The highest BCUT2D eigenvalue weighted by atomic mass is 16.7. The van der Waals surface area contributed by atoms with Crippen molar-refractivity contribution < 1.29 is 23.8 Å². The van der Waals surface area contributed by atoms with Gasteiger partial charge in [-0.25, -0.2) is 0 Å². The molecule has 7 nitrogen and oxygen atoms in total. The third-order valence-electron chi connectivity index (χ3n) is 4.52. The molecule has 2 aromatic carbocycles. The average Bonchev–Trinajstić information content (AvgIpc) is 3.07. The molecule has 0 saturated carbocycles. The Balaban J connectivity index is 1.53. The van der Waals surface area contributed by atoms with Crippen LogP contribution in [0.3, 0.4) is 0 Å². The number of nitrogens with one attached hydrogen (secondary N) is 1. The van der Waals surface area contributed by atoms with Crippen molar-refractivity contribution >= 4 is 17.4 Å². The van der Waals surface area contributed by atoms with Gasteiger partial charge in [-0.15, -0.1) is 0 Å². The minimum Gasteiger partial charge on any atom is -0.492 e. The van der Waals surface area contributed by atoms with E-state index >= 15 is 0 Å². The maximum absolute atomic E-state index is 12.4. The van der Waals surface area contributed by atoms with Gasteiger partial charge < -0.3 is 19.5 Å². The summed E-state index contributed by atoms with van der Waals surface area (Å²) >= 11 is 0. The summed E-state index contributed by atoms with van der Waals surface area (Å²) < 4.78 is 16.4. The molecule has 0 fully saturated rings. The van der Waals surface area contributed by atoms with Gasteiger partial charge >= 0.3 is 0 Å². The average molecular weight is 398 g/mol. The number of carbonyl (C=O) groups excluding carboxylic acids is 2. The molecular formula is C22H26N2O5. The van der Waals surface area contributed by atoms with E-state index in [1.807, 2.05) is 37.9 Å². The van der Waals surface area contributed by atoms with Crippen molar-refractivity contribution in [2.45, 2.75) is 20.8 Å². The molecule has 0 atom stereocenters. The number of anilines is 1. The van der Waals surface area contributed by atoms with Crippen molar-refractivity contribution in [1.29, 1.82) is 0 Å². The number of rotatable bonds is 8. The summed E-state index contributed by atoms with van der Waals surface area (Å²) in [6, 6.07) is 9.29. The maximum Gasteiger partial charge on any atom is 0.238 e. The molecule has 0 unspecified atom stereocenters. The Labute approximate surface area is 170 Å². The Kier molecular flexibility index (Phi) is 6.39. The van der Waals surface area contributed by atoms with E-state index in [4.69, 9.17) is 14.2 Å². The van der Waals surface area contributed by atoms with Crippen LogP contribution in [0.4, 0.5) is 5.69 Å². The maximum atomic E-state index is 12.4. The number of amides is 1. The van der Waals surface area contributed by atoms with E-state index < -0.39 is 0 Å². The van der Waals surface area contributed by atoms with Gasteiger partial charge in [0.25, 0.3) is 0 Å². The van der Waals surface area contributed by atoms with Gasteiger partial charge in [0.2, 0.25) is 12.7 Å². The second-order valence-electron chi connectivity index (χ2n) is 7.27. The van der Waals surface area contributed by atoms with Crippen LogP contribution < -0.4 is 19.5 Å². The highest BCUT2D eigenvalue weighted by molar-refractivity contribution is 6.05. The number of carbonyl (C=O) groups is 2. The largest absolute Gasteiger partial charge is 0.492 e. The molecule has 7 heteroatoms. The predicted molar refractivity (Wildman–Crippen MR) is 110 cm³/mol. The zero-order valence-electron chi connectivity index (χ0n) is 17.2. The van der Waals surface area contributed by atoms with E-state index in [-0.39, 0.29) is 25.0 Å². The van der Waals surface area contributed by atoms with Crippen LogP contribution in [-0.2, 0) is 4.79 Å². The molecule has 0 saturated heterocycles. The molecule has 1 aliphatic heterocycles. The number of ether oxygens (including phenoxy) is 3. The van der Waals surface area contributed by atoms with Gasteiger partial charge in [0.1, 0.15) is 12.4 Å². The number of benzene rings is 2. The zero-order valence-corrected chi connectivity index (χ0v) is 17.2. The lowest BCUT2D eigenvalue weighted by molar-refractivity contribution is -0.117. The van der Waals surface area contributed by atoms with Crippen LogP contribution in [0.2, 0.25) is 0 Å². The SMILES string of the molecule is CC(=O)c1cc2c(cc1NC(=O)CN(C)CCOc1cc(C)cc(C)c1)OCO2. The standard InChI is InChI=1S/C22H26N2O5/c1-14-7-15(2)9-17(8-14)27-6-5-24(4)12-22(26)23-19-11-21-20(28-13-29-21)10-18(19)16(3)25/h7-11H,5-6,12-13H2,1-4H3,(H,23,26). The Hall–Kier alpha value is -3.06. The van der Waals surface area contributed by atoms with Crippen LogP contribution in [0.15, 0.2) is 30.3 Å². The fourth-order valence-corrected chi connectivity index (χ4v) is 3.19. The zero-order chi connectivity index (χ0) is 21.0. The lowest BCUT2D eigenvalue weighted by atomic mass is 10.1. The summed E-state index contributed by atoms with van der Waals surface area (Å²) in [6.07, 6.45) is 0. The number of Topliss-reactive ketones (excluding diaryl/α,β-unsaturated/α-hetero) is 1. The molecule has 0 spiro atoms. The highest BCUT2D eigenvalue weighted by Crippen LogP contribution is 2.37. The molecule has 0 aliphatic carbocycles. The van der Waals surface area contributed by atoms with E-state index in [0.29, 0.717) is 35.9 Å².